The van der Waals surface area contributed by atoms with Crippen LogP contribution in [0.15, 0.2) is 60.8 Å². The lowest BCUT2D eigenvalue weighted by Crippen LogP contribution is -2.54. The van der Waals surface area contributed by atoms with Crippen molar-refractivity contribution >= 4 is 23.6 Å². The molecule has 4 rings (SSSR count). The van der Waals surface area contributed by atoms with Crippen LogP contribution in [0.5, 0.6) is 0 Å². The number of nitrogens with one attached hydrogen (secondary N) is 1. The maximum Gasteiger partial charge on any atom is 0.270 e. The molecule has 0 spiro atoms. The summed E-state index contributed by atoms with van der Waals surface area (Å²) >= 11 is 0. The molecule has 2 heterocycles. The molecular formula is C29H35N7O5. The molecule has 1 fully saturated rings. The van der Waals surface area contributed by atoms with E-state index in [1.54, 1.807) is 20.8 Å². The van der Waals surface area contributed by atoms with Crippen molar-refractivity contribution in [3.8, 4) is 11.1 Å². The molecule has 6 N–H and O–H groups in total. The fourth-order valence-electron chi connectivity index (χ4n) is 5.05. The first-order chi connectivity index (χ1) is 19.3. The SMILES string of the molecule is CC(C)(C)C(C(=O)N1CC(O)CC1C(=O)NC(Cc1ccc(-c2ccccc2)cc1)C(N)=O)n1cc(C(N)=O)nn1. The van der Waals surface area contributed by atoms with Gasteiger partial charge in [0.05, 0.1) is 12.3 Å². The van der Waals surface area contributed by atoms with Gasteiger partial charge in [0, 0.05) is 19.4 Å². The first-order valence-electron chi connectivity index (χ1n) is 13.3. The molecule has 216 valence electrons. The van der Waals surface area contributed by atoms with Crippen LogP contribution < -0.4 is 16.8 Å². The summed E-state index contributed by atoms with van der Waals surface area (Å²) in [6, 6.07) is 14.4. The molecule has 0 radical (unpaired) electrons. The zero-order chi connectivity index (χ0) is 29.9. The van der Waals surface area contributed by atoms with E-state index in [2.05, 4.69) is 15.6 Å². The van der Waals surface area contributed by atoms with E-state index in [1.807, 2.05) is 54.6 Å². The Balaban J connectivity index is 1.51. The number of primary amides is 2. The lowest BCUT2D eigenvalue weighted by molar-refractivity contribution is -0.144. The topological polar surface area (TPSA) is 187 Å². The van der Waals surface area contributed by atoms with Gasteiger partial charge in [-0.1, -0.05) is 80.6 Å². The Labute approximate surface area is 237 Å². The number of aliphatic hydroxyl groups excluding tert-OH is 1. The van der Waals surface area contributed by atoms with Gasteiger partial charge < -0.3 is 26.8 Å². The van der Waals surface area contributed by atoms with Gasteiger partial charge in [-0.2, -0.15) is 0 Å². The number of aromatic nitrogens is 3. The molecule has 3 aromatic rings. The minimum absolute atomic E-state index is 0.0183. The number of rotatable bonds is 9. The van der Waals surface area contributed by atoms with Gasteiger partial charge >= 0.3 is 0 Å². The Kier molecular flexibility index (Phi) is 8.52. The van der Waals surface area contributed by atoms with Gasteiger partial charge in [0.15, 0.2) is 5.69 Å². The van der Waals surface area contributed by atoms with Gasteiger partial charge in [-0.05, 0) is 22.1 Å². The third-order valence-electron chi connectivity index (χ3n) is 7.11. The highest BCUT2D eigenvalue weighted by Crippen LogP contribution is 2.34. The lowest BCUT2D eigenvalue weighted by atomic mass is 9.85. The van der Waals surface area contributed by atoms with Crippen LogP contribution in [0.25, 0.3) is 11.1 Å². The van der Waals surface area contributed by atoms with Crippen molar-refractivity contribution in [2.45, 2.75) is 57.8 Å². The van der Waals surface area contributed by atoms with E-state index in [9.17, 15) is 24.3 Å². The fourth-order valence-corrected chi connectivity index (χ4v) is 5.05. The monoisotopic (exact) mass is 561 g/mol. The van der Waals surface area contributed by atoms with Crippen molar-refractivity contribution in [2.24, 2.45) is 16.9 Å². The highest BCUT2D eigenvalue weighted by molar-refractivity contribution is 5.93. The maximum atomic E-state index is 13.8. The van der Waals surface area contributed by atoms with Crippen LogP contribution in [0.3, 0.4) is 0 Å². The largest absolute Gasteiger partial charge is 0.391 e. The maximum absolute atomic E-state index is 13.8. The predicted octanol–water partition coefficient (Wildman–Crippen LogP) is 0.806. The number of benzene rings is 2. The Bertz CT molecular complexity index is 1420. The van der Waals surface area contributed by atoms with Crippen LogP contribution in [-0.4, -0.2) is 73.4 Å². The molecule has 41 heavy (non-hydrogen) atoms. The molecule has 1 aromatic heterocycles. The van der Waals surface area contributed by atoms with Crippen LogP contribution in [0, 0.1) is 5.41 Å². The van der Waals surface area contributed by atoms with E-state index in [4.69, 9.17) is 11.5 Å². The number of β-amino-alcohol motifs (C(OH)–C–C–N with tert-alkyl or cyclic N) is 1. The molecule has 1 aliphatic heterocycles. The first-order valence-corrected chi connectivity index (χ1v) is 13.3. The van der Waals surface area contributed by atoms with Crippen LogP contribution in [-0.2, 0) is 20.8 Å². The van der Waals surface area contributed by atoms with Crippen molar-refractivity contribution in [1.29, 1.82) is 0 Å². The number of amides is 4. The third kappa shape index (κ3) is 6.77. The second kappa shape index (κ2) is 11.9. The van der Waals surface area contributed by atoms with Crippen molar-refractivity contribution in [2.75, 3.05) is 6.54 Å². The summed E-state index contributed by atoms with van der Waals surface area (Å²) in [5.74, 6) is -2.63. The van der Waals surface area contributed by atoms with Gasteiger partial charge in [-0.3, -0.25) is 19.2 Å². The second-order valence-corrected chi connectivity index (χ2v) is 11.3. The molecule has 12 nitrogen and oxygen atoms in total. The van der Waals surface area contributed by atoms with Crippen LogP contribution >= 0.6 is 0 Å². The Morgan fingerprint density at radius 1 is 1.02 bits per heavy atom. The van der Waals surface area contributed by atoms with Crippen LogP contribution in [0.1, 0.15) is 49.3 Å². The van der Waals surface area contributed by atoms with E-state index in [-0.39, 0.29) is 25.1 Å². The summed E-state index contributed by atoms with van der Waals surface area (Å²) in [4.78, 5) is 52.4. The zero-order valence-corrected chi connectivity index (χ0v) is 23.2. The van der Waals surface area contributed by atoms with Crippen LogP contribution in [0.2, 0.25) is 0 Å². The summed E-state index contributed by atoms with van der Waals surface area (Å²) in [5.41, 5.74) is 13.0. The number of nitrogens with two attached hydrogens (primary N) is 2. The zero-order valence-electron chi connectivity index (χ0n) is 23.2. The van der Waals surface area contributed by atoms with Crippen molar-refractivity contribution in [1.82, 2.24) is 25.2 Å². The minimum Gasteiger partial charge on any atom is -0.391 e. The summed E-state index contributed by atoms with van der Waals surface area (Å²) < 4.78 is 1.24. The highest BCUT2D eigenvalue weighted by Gasteiger charge is 2.45. The molecule has 1 saturated heterocycles. The van der Waals surface area contributed by atoms with Crippen LogP contribution in [0.4, 0.5) is 0 Å². The first kappa shape index (κ1) is 29.4. The molecular weight excluding hydrogens is 526 g/mol. The van der Waals surface area contributed by atoms with Gasteiger partial charge in [0.2, 0.25) is 17.7 Å². The number of hydrogen-bond donors (Lipinski definition) is 4. The molecule has 0 saturated carbocycles. The normalized spacial score (nSPS) is 18.5. The third-order valence-corrected chi connectivity index (χ3v) is 7.11. The van der Waals surface area contributed by atoms with Gasteiger partial charge in [0.25, 0.3) is 5.91 Å². The second-order valence-electron chi connectivity index (χ2n) is 11.3. The van der Waals surface area contributed by atoms with Gasteiger partial charge in [0.1, 0.15) is 18.1 Å². The summed E-state index contributed by atoms with van der Waals surface area (Å²) in [7, 11) is 0. The summed E-state index contributed by atoms with van der Waals surface area (Å²) in [5, 5.41) is 20.8. The average molecular weight is 562 g/mol. The molecule has 1 aliphatic rings. The molecule has 2 aromatic carbocycles. The number of carbonyl (C=O) groups excluding carboxylic acids is 4. The fraction of sp³-hybridized carbons (Fsp3) is 0.379. The lowest BCUT2D eigenvalue weighted by Gasteiger charge is -2.34. The van der Waals surface area contributed by atoms with E-state index in [1.165, 1.54) is 15.8 Å². The van der Waals surface area contributed by atoms with Gasteiger partial charge in [-0.15, -0.1) is 5.10 Å². The number of likely N-dealkylation sites (tertiary alicyclic amines) is 1. The number of carbonyl (C=O) groups is 4. The van der Waals surface area contributed by atoms with E-state index < -0.39 is 53.3 Å². The standard InChI is InChI=1S/C29H35N7O5/c1-29(2,3)24(36-16-22(26(31)39)33-34-36)28(41)35-15-20(37)14-23(35)27(40)32-21(25(30)38)13-17-9-11-19(12-10-17)18-7-5-4-6-8-18/h4-12,16,20-21,23-24,37H,13-15H2,1-3H3,(H2,30,38)(H2,31,39)(H,32,40). The van der Waals surface area contributed by atoms with E-state index in [0.29, 0.717) is 0 Å². The Hall–Kier alpha value is -4.58. The average Bonchev–Trinajstić information content (AvgIpc) is 3.55. The summed E-state index contributed by atoms with van der Waals surface area (Å²) in [6.07, 6.45) is 0.461. The smallest absolute Gasteiger partial charge is 0.270 e. The number of nitrogens with zero attached hydrogens (tertiary/aromatic N) is 4. The van der Waals surface area contributed by atoms with Crippen molar-refractivity contribution in [3.05, 3.63) is 72.1 Å². The molecule has 4 unspecified atom stereocenters. The highest BCUT2D eigenvalue weighted by atomic mass is 16.3. The number of aliphatic hydroxyl groups is 1. The van der Waals surface area contributed by atoms with Crippen molar-refractivity contribution < 1.29 is 24.3 Å². The van der Waals surface area contributed by atoms with E-state index >= 15 is 0 Å². The van der Waals surface area contributed by atoms with E-state index in [0.717, 1.165) is 16.7 Å². The molecule has 0 bridgehead atoms. The number of hydrogen-bond acceptors (Lipinski definition) is 7. The molecule has 12 heteroatoms. The Morgan fingerprint density at radius 2 is 1.66 bits per heavy atom. The predicted molar refractivity (Wildman–Crippen MR) is 150 cm³/mol. The molecule has 0 aliphatic carbocycles. The minimum atomic E-state index is -1.05. The molecule has 4 amide bonds. The quantitative estimate of drug-likeness (QED) is 0.297. The Morgan fingerprint density at radius 3 is 2.22 bits per heavy atom. The molecule has 4 atom stereocenters. The summed E-state index contributed by atoms with van der Waals surface area (Å²) in [6.45, 7) is 5.31. The van der Waals surface area contributed by atoms with Crippen molar-refractivity contribution in [3.63, 3.8) is 0 Å². The van der Waals surface area contributed by atoms with Gasteiger partial charge in [-0.25, -0.2) is 4.68 Å².